The van der Waals surface area contributed by atoms with E-state index in [2.05, 4.69) is 15.3 Å². The van der Waals surface area contributed by atoms with E-state index in [9.17, 15) is 13.2 Å². The first-order valence-corrected chi connectivity index (χ1v) is 6.39. The second-order valence-corrected chi connectivity index (χ2v) is 4.67. The largest absolute Gasteiger partial charge is 0.383 e. The molecule has 3 N–H and O–H groups in total. The van der Waals surface area contributed by atoms with Crippen molar-refractivity contribution in [2.75, 3.05) is 5.73 Å². The number of hydrogen-bond acceptors (Lipinski definition) is 3. The van der Waals surface area contributed by atoms with Crippen molar-refractivity contribution in [3.8, 4) is 5.69 Å². The Balaban J connectivity index is 2.25. The molecule has 8 heteroatoms. The molecule has 0 spiro atoms. The lowest BCUT2D eigenvalue weighted by Gasteiger charge is -2.03. The van der Waals surface area contributed by atoms with Crippen molar-refractivity contribution in [3.63, 3.8) is 0 Å². The van der Waals surface area contributed by atoms with Crippen molar-refractivity contribution in [2.24, 2.45) is 0 Å². The third kappa shape index (κ3) is 2.03. The zero-order chi connectivity index (χ0) is 15.1. The van der Waals surface area contributed by atoms with Gasteiger partial charge in [-0.2, -0.15) is 10.2 Å². The van der Waals surface area contributed by atoms with Crippen molar-refractivity contribution in [2.45, 2.75) is 19.8 Å². The van der Waals surface area contributed by atoms with E-state index in [0.717, 1.165) is 18.6 Å². The minimum atomic E-state index is -1.52. The third-order valence-electron chi connectivity index (χ3n) is 3.19. The summed E-state index contributed by atoms with van der Waals surface area (Å²) in [5.41, 5.74) is 6.87. The number of nitrogens with one attached hydrogen (secondary N) is 1. The van der Waals surface area contributed by atoms with Crippen molar-refractivity contribution in [3.05, 3.63) is 35.3 Å². The minimum Gasteiger partial charge on any atom is -0.383 e. The fourth-order valence-electron chi connectivity index (χ4n) is 2.26. The molecule has 110 valence electrons. The molecule has 3 aromatic rings. The van der Waals surface area contributed by atoms with Gasteiger partial charge in [-0.15, -0.1) is 0 Å². The van der Waals surface area contributed by atoms with Crippen molar-refractivity contribution in [1.82, 2.24) is 20.0 Å². The number of aromatic nitrogens is 4. The first kappa shape index (κ1) is 13.5. The fraction of sp³-hybridized carbons (Fsp3) is 0.231. The molecule has 0 saturated heterocycles. The topological polar surface area (TPSA) is 72.5 Å². The summed E-state index contributed by atoms with van der Waals surface area (Å²) in [4.78, 5) is 0. The zero-order valence-electron chi connectivity index (χ0n) is 11.1. The Bertz CT molecular complexity index is 798. The van der Waals surface area contributed by atoms with Crippen LogP contribution in [0.15, 0.2) is 12.1 Å². The first-order valence-electron chi connectivity index (χ1n) is 6.39. The molecule has 0 unspecified atom stereocenters. The van der Waals surface area contributed by atoms with Gasteiger partial charge in [0.05, 0.1) is 16.8 Å². The van der Waals surface area contributed by atoms with Crippen LogP contribution in [0.5, 0.6) is 0 Å². The van der Waals surface area contributed by atoms with Crippen molar-refractivity contribution < 1.29 is 13.2 Å². The Morgan fingerprint density at radius 2 is 1.90 bits per heavy atom. The molecule has 21 heavy (non-hydrogen) atoms. The lowest BCUT2D eigenvalue weighted by Crippen LogP contribution is -2.02. The smallest absolute Gasteiger partial charge is 0.194 e. The maximum atomic E-state index is 13.4. The molecule has 0 bridgehead atoms. The number of H-pyrrole nitrogens is 1. The normalized spacial score (nSPS) is 11.4. The van der Waals surface area contributed by atoms with Crippen LogP contribution in [0.1, 0.15) is 19.0 Å². The fourth-order valence-corrected chi connectivity index (χ4v) is 2.26. The van der Waals surface area contributed by atoms with Gasteiger partial charge in [-0.1, -0.05) is 13.3 Å². The summed E-state index contributed by atoms with van der Waals surface area (Å²) in [5, 5.41) is 11.5. The van der Waals surface area contributed by atoms with Crippen molar-refractivity contribution >= 4 is 16.9 Å². The number of nitrogens with zero attached hydrogens (tertiary/aromatic N) is 3. The Morgan fingerprint density at radius 3 is 2.52 bits per heavy atom. The van der Waals surface area contributed by atoms with Crippen LogP contribution < -0.4 is 5.73 Å². The van der Waals surface area contributed by atoms with E-state index < -0.39 is 17.5 Å². The second-order valence-electron chi connectivity index (χ2n) is 4.67. The van der Waals surface area contributed by atoms with Gasteiger partial charge in [0.25, 0.3) is 0 Å². The Kier molecular flexibility index (Phi) is 3.08. The monoisotopic (exact) mass is 295 g/mol. The van der Waals surface area contributed by atoms with Crippen LogP contribution in [0.2, 0.25) is 0 Å². The summed E-state index contributed by atoms with van der Waals surface area (Å²) in [5.74, 6) is -3.75. The average molecular weight is 295 g/mol. The van der Waals surface area contributed by atoms with Gasteiger partial charge in [-0.25, -0.2) is 17.9 Å². The second kappa shape index (κ2) is 4.80. The molecular formula is C13H12F3N5. The van der Waals surface area contributed by atoms with Gasteiger partial charge in [-0.3, -0.25) is 5.10 Å². The predicted molar refractivity (Wildman–Crippen MR) is 71.5 cm³/mol. The lowest BCUT2D eigenvalue weighted by molar-refractivity contribution is 0.446. The maximum Gasteiger partial charge on any atom is 0.194 e. The Morgan fingerprint density at radius 1 is 1.24 bits per heavy atom. The minimum absolute atomic E-state index is 0.0465. The number of rotatable bonds is 3. The lowest BCUT2D eigenvalue weighted by atomic mass is 10.2. The molecule has 2 heterocycles. The number of fused-ring (bicyclic) bond motifs is 1. The van der Waals surface area contributed by atoms with Gasteiger partial charge in [0.2, 0.25) is 0 Å². The number of benzene rings is 1. The van der Waals surface area contributed by atoms with Crippen LogP contribution in [0, 0.1) is 17.5 Å². The van der Waals surface area contributed by atoms with E-state index in [1.165, 1.54) is 4.68 Å². The first-order chi connectivity index (χ1) is 10.0. The van der Waals surface area contributed by atoms with Gasteiger partial charge < -0.3 is 5.73 Å². The molecule has 5 nitrogen and oxygen atoms in total. The molecule has 0 saturated carbocycles. The maximum absolute atomic E-state index is 13.4. The van der Waals surface area contributed by atoms with Gasteiger partial charge >= 0.3 is 0 Å². The number of halogens is 3. The number of nitrogens with two attached hydrogens (primary N) is 1. The van der Waals surface area contributed by atoms with Crippen LogP contribution in [0.25, 0.3) is 16.7 Å². The average Bonchev–Trinajstić information content (AvgIpc) is 2.98. The predicted octanol–water partition coefficient (Wildman–Crippen LogP) is 2.70. The highest BCUT2D eigenvalue weighted by Gasteiger charge is 2.19. The third-order valence-corrected chi connectivity index (χ3v) is 3.19. The molecule has 0 amide bonds. The van der Waals surface area contributed by atoms with Crippen molar-refractivity contribution in [1.29, 1.82) is 0 Å². The summed E-state index contributed by atoms with van der Waals surface area (Å²) in [6.07, 6.45) is 1.46. The molecule has 2 aromatic heterocycles. The molecule has 0 aliphatic carbocycles. The van der Waals surface area contributed by atoms with Crippen LogP contribution in [-0.2, 0) is 6.42 Å². The van der Waals surface area contributed by atoms with E-state index in [0.29, 0.717) is 29.0 Å². The Labute approximate surface area is 117 Å². The summed E-state index contributed by atoms with van der Waals surface area (Å²) < 4.78 is 41.1. The van der Waals surface area contributed by atoms with E-state index >= 15 is 0 Å². The highest BCUT2D eigenvalue weighted by atomic mass is 19.2. The summed E-state index contributed by atoms with van der Waals surface area (Å²) >= 11 is 0. The zero-order valence-corrected chi connectivity index (χ0v) is 11.1. The summed E-state index contributed by atoms with van der Waals surface area (Å²) in [6.45, 7) is 1.97. The number of aryl methyl sites for hydroxylation is 1. The number of anilines is 1. The van der Waals surface area contributed by atoms with E-state index in [-0.39, 0.29) is 5.69 Å². The van der Waals surface area contributed by atoms with Gasteiger partial charge in [0.1, 0.15) is 5.82 Å². The van der Waals surface area contributed by atoms with Crippen LogP contribution in [0.3, 0.4) is 0 Å². The van der Waals surface area contributed by atoms with Crippen LogP contribution >= 0.6 is 0 Å². The highest BCUT2D eigenvalue weighted by molar-refractivity contribution is 5.89. The molecule has 3 rings (SSSR count). The molecule has 0 radical (unpaired) electrons. The van der Waals surface area contributed by atoms with Crippen LogP contribution in [0.4, 0.5) is 19.0 Å². The Hall–Kier alpha value is -2.51. The van der Waals surface area contributed by atoms with E-state index in [1.54, 1.807) is 0 Å². The molecule has 0 aliphatic heterocycles. The number of hydrogen-bond donors (Lipinski definition) is 2. The summed E-state index contributed by atoms with van der Waals surface area (Å²) in [7, 11) is 0. The van der Waals surface area contributed by atoms with Crippen LogP contribution in [-0.4, -0.2) is 20.0 Å². The molecule has 0 aliphatic rings. The number of aromatic amines is 1. The van der Waals surface area contributed by atoms with E-state index in [1.807, 2.05) is 6.92 Å². The van der Waals surface area contributed by atoms with Gasteiger partial charge in [0.15, 0.2) is 23.1 Å². The molecule has 0 fully saturated rings. The standard InChI is InChI=1S/C13H12F3N5/c1-2-3-9-10-12(17)18-19-13(10)21(20-9)6-4-7(14)11(16)8(15)5-6/h4-5H,2-3H2,1H3,(H3,17,18,19). The molecule has 0 atom stereocenters. The molecule has 1 aromatic carbocycles. The summed E-state index contributed by atoms with van der Waals surface area (Å²) in [6, 6.07) is 1.73. The van der Waals surface area contributed by atoms with Gasteiger partial charge in [-0.05, 0) is 6.42 Å². The SMILES string of the molecule is CCCc1nn(-c2cc(F)c(F)c(F)c2)c2n[nH]c(N)c12. The molecular weight excluding hydrogens is 283 g/mol. The highest BCUT2D eigenvalue weighted by Crippen LogP contribution is 2.27. The van der Waals surface area contributed by atoms with E-state index in [4.69, 9.17) is 5.73 Å². The number of nitrogen functional groups attached to an aromatic ring is 1. The quantitative estimate of drug-likeness (QED) is 0.730. The van der Waals surface area contributed by atoms with Gasteiger partial charge in [0, 0.05) is 12.1 Å².